The quantitative estimate of drug-likeness (QED) is 0.714. The second-order valence-corrected chi connectivity index (χ2v) is 4.94. The molecule has 1 aromatic rings. The summed E-state index contributed by atoms with van der Waals surface area (Å²) in [6, 6.07) is 4.06. The average Bonchev–Trinajstić information content (AvgIpc) is 2.48. The first-order valence-corrected chi connectivity index (χ1v) is 7.94. The summed E-state index contributed by atoms with van der Waals surface area (Å²) in [5, 5.41) is 0. The lowest BCUT2D eigenvalue weighted by Gasteiger charge is -2.21. The predicted molar refractivity (Wildman–Crippen MR) is 86.7 cm³/mol. The van der Waals surface area contributed by atoms with E-state index in [-0.39, 0.29) is 0 Å². The first-order chi connectivity index (χ1) is 10.2. The fraction of sp³-hybridized carbons (Fsp3) is 0.647. The lowest BCUT2D eigenvalue weighted by Crippen LogP contribution is -2.07. The van der Waals surface area contributed by atoms with Gasteiger partial charge in [-0.1, -0.05) is 13.0 Å². The van der Waals surface area contributed by atoms with Crippen molar-refractivity contribution in [1.82, 2.24) is 0 Å². The highest BCUT2D eigenvalue weighted by molar-refractivity contribution is 5.56. The van der Waals surface area contributed by atoms with Gasteiger partial charge < -0.3 is 19.9 Å². The molecule has 120 valence electrons. The lowest BCUT2D eigenvalue weighted by atomic mass is 9.94. The van der Waals surface area contributed by atoms with Crippen molar-refractivity contribution in [2.45, 2.75) is 46.5 Å². The summed E-state index contributed by atoms with van der Waals surface area (Å²) in [5.41, 5.74) is 6.78. The zero-order valence-corrected chi connectivity index (χ0v) is 13.8. The predicted octanol–water partition coefficient (Wildman–Crippen LogP) is 3.73. The minimum absolute atomic E-state index is 0.380. The van der Waals surface area contributed by atoms with Crippen LogP contribution in [0.3, 0.4) is 0 Å². The highest BCUT2D eigenvalue weighted by atomic mass is 16.5. The maximum atomic E-state index is 5.87. The van der Waals surface area contributed by atoms with Gasteiger partial charge in [0.25, 0.3) is 0 Å². The van der Waals surface area contributed by atoms with Gasteiger partial charge in [0.15, 0.2) is 11.5 Å². The molecule has 1 unspecified atom stereocenters. The van der Waals surface area contributed by atoms with E-state index < -0.39 is 0 Å². The van der Waals surface area contributed by atoms with Crippen molar-refractivity contribution in [3.05, 3.63) is 17.7 Å². The van der Waals surface area contributed by atoms with Crippen LogP contribution in [0.15, 0.2) is 12.1 Å². The smallest absolute Gasteiger partial charge is 0.203 e. The Kier molecular flexibility index (Phi) is 7.98. The normalized spacial score (nSPS) is 12.0. The van der Waals surface area contributed by atoms with Gasteiger partial charge in [-0.15, -0.1) is 0 Å². The molecule has 0 saturated carbocycles. The van der Waals surface area contributed by atoms with E-state index in [1.807, 2.05) is 26.8 Å². The molecule has 0 aliphatic carbocycles. The van der Waals surface area contributed by atoms with E-state index in [9.17, 15) is 0 Å². The molecule has 0 aliphatic heterocycles. The molecule has 21 heavy (non-hydrogen) atoms. The van der Waals surface area contributed by atoms with Crippen molar-refractivity contribution in [3.8, 4) is 17.2 Å². The molecule has 1 atom stereocenters. The van der Waals surface area contributed by atoms with Crippen LogP contribution in [0.1, 0.15) is 52.0 Å². The molecule has 1 rings (SSSR count). The molecule has 4 heteroatoms. The lowest BCUT2D eigenvalue weighted by molar-refractivity contribution is 0.258. The van der Waals surface area contributed by atoms with Crippen molar-refractivity contribution in [2.75, 3.05) is 26.4 Å². The maximum absolute atomic E-state index is 5.87. The number of ether oxygens (including phenoxy) is 3. The van der Waals surface area contributed by atoms with Gasteiger partial charge in [-0.05, 0) is 52.1 Å². The van der Waals surface area contributed by atoms with Gasteiger partial charge in [-0.25, -0.2) is 0 Å². The molecule has 0 spiro atoms. The van der Waals surface area contributed by atoms with E-state index in [0.29, 0.717) is 32.3 Å². The third kappa shape index (κ3) is 4.81. The van der Waals surface area contributed by atoms with E-state index in [1.165, 1.54) is 0 Å². The first-order valence-electron chi connectivity index (χ1n) is 7.94. The molecule has 0 aromatic heterocycles. The van der Waals surface area contributed by atoms with Crippen LogP contribution in [0, 0.1) is 0 Å². The van der Waals surface area contributed by atoms with Crippen LogP contribution in [0.2, 0.25) is 0 Å². The van der Waals surface area contributed by atoms with Gasteiger partial charge in [-0.3, -0.25) is 0 Å². The summed E-state index contributed by atoms with van der Waals surface area (Å²) in [6.45, 7) is 10.6. The highest BCUT2D eigenvalue weighted by Crippen LogP contribution is 2.44. The summed E-state index contributed by atoms with van der Waals surface area (Å²) in [4.78, 5) is 0. The van der Waals surface area contributed by atoms with Crippen molar-refractivity contribution >= 4 is 0 Å². The Labute approximate surface area is 128 Å². The van der Waals surface area contributed by atoms with E-state index in [4.69, 9.17) is 19.9 Å². The maximum Gasteiger partial charge on any atom is 0.203 e. The molecule has 4 nitrogen and oxygen atoms in total. The van der Waals surface area contributed by atoms with Crippen molar-refractivity contribution in [3.63, 3.8) is 0 Å². The summed E-state index contributed by atoms with van der Waals surface area (Å²) >= 11 is 0. The van der Waals surface area contributed by atoms with Crippen LogP contribution >= 0.6 is 0 Å². The fourth-order valence-electron chi connectivity index (χ4n) is 2.37. The van der Waals surface area contributed by atoms with Gasteiger partial charge >= 0.3 is 0 Å². The van der Waals surface area contributed by atoms with Gasteiger partial charge in [-0.2, -0.15) is 0 Å². The number of nitrogens with two attached hydrogens (primary N) is 1. The SMILES string of the molecule is CCOc1ccc(C(C)CCCN)c(OCC)c1OCC. The van der Waals surface area contributed by atoms with E-state index in [2.05, 4.69) is 13.0 Å². The number of hydrogen-bond donors (Lipinski definition) is 1. The first kappa shape index (κ1) is 17.6. The number of hydrogen-bond acceptors (Lipinski definition) is 4. The molecule has 0 aliphatic rings. The van der Waals surface area contributed by atoms with Gasteiger partial charge in [0.2, 0.25) is 5.75 Å². The molecule has 0 heterocycles. The Balaban J connectivity index is 3.19. The minimum Gasteiger partial charge on any atom is -0.490 e. The third-order valence-corrected chi connectivity index (χ3v) is 3.36. The Bertz CT molecular complexity index is 421. The van der Waals surface area contributed by atoms with Crippen LogP contribution in [0.4, 0.5) is 0 Å². The molecular formula is C17H29NO3. The summed E-state index contributed by atoms with van der Waals surface area (Å²) in [7, 11) is 0. The summed E-state index contributed by atoms with van der Waals surface area (Å²) in [6.07, 6.45) is 2.04. The van der Waals surface area contributed by atoms with Crippen molar-refractivity contribution < 1.29 is 14.2 Å². The standard InChI is InChI=1S/C17H29NO3/c1-5-19-15-11-10-14(13(4)9-8-12-18)16(20-6-2)17(15)21-7-3/h10-11,13H,5-9,12,18H2,1-4H3. The fourth-order valence-corrected chi connectivity index (χ4v) is 2.37. The molecule has 0 radical (unpaired) electrons. The van der Waals surface area contributed by atoms with Gasteiger partial charge in [0.1, 0.15) is 0 Å². The molecule has 2 N–H and O–H groups in total. The van der Waals surface area contributed by atoms with Gasteiger partial charge in [0.05, 0.1) is 19.8 Å². The molecule has 0 saturated heterocycles. The highest BCUT2D eigenvalue weighted by Gasteiger charge is 2.20. The minimum atomic E-state index is 0.380. The Morgan fingerprint density at radius 1 is 0.952 bits per heavy atom. The molecule has 0 bridgehead atoms. The van der Waals surface area contributed by atoms with Crippen molar-refractivity contribution in [1.29, 1.82) is 0 Å². The van der Waals surface area contributed by atoms with Crippen LogP contribution in [0.25, 0.3) is 0 Å². The number of rotatable bonds is 10. The second kappa shape index (κ2) is 9.50. The Hall–Kier alpha value is -1.42. The van der Waals surface area contributed by atoms with Crippen molar-refractivity contribution in [2.24, 2.45) is 5.73 Å². The number of benzene rings is 1. The molecular weight excluding hydrogens is 266 g/mol. The largest absolute Gasteiger partial charge is 0.490 e. The molecule has 0 fully saturated rings. The van der Waals surface area contributed by atoms with Gasteiger partial charge in [0, 0.05) is 5.56 Å². The van der Waals surface area contributed by atoms with E-state index >= 15 is 0 Å². The summed E-state index contributed by atoms with van der Waals surface area (Å²) < 4.78 is 17.3. The van der Waals surface area contributed by atoms with E-state index in [1.54, 1.807) is 0 Å². The average molecular weight is 295 g/mol. The second-order valence-electron chi connectivity index (χ2n) is 4.94. The zero-order valence-electron chi connectivity index (χ0n) is 13.8. The molecule has 1 aromatic carbocycles. The Morgan fingerprint density at radius 2 is 1.57 bits per heavy atom. The zero-order chi connectivity index (χ0) is 15.7. The molecule has 0 amide bonds. The van der Waals surface area contributed by atoms with Crippen LogP contribution in [0.5, 0.6) is 17.2 Å². The topological polar surface area (TPSA) is 53.7 Å². The monoisotopic (exact) mass is 295 g/mol. The Morgan fingerprint density at radius 3 is 2.14 bits per heavy atom. The van der Waals surface area contributed by atoms with Crippen LogP contribution in [-0.2, 0) is 0 Å². The third-order valence-electron chi connectivity index (χ3n) is 3.36. The van der Waals surface area contributed by atoms with E-state index in [0.717, 1.165) is 35.7 Å². The van der Waals surface area contributed by atoms with Crippen LogP contribution < -0.4 is 19.9 Å². The summed E-state index contributed by atoms with van der Waals surface area (Å²) in [5.74, 6) is 2.66. The van der Waals surface area contributed by atoms with Crippen LogP contribution in [-0.4, -0.2) is 26.4 Å².